The number of nitrogens with zero attached hydrogens (tertiary/aromatic N) is 3. The van der Waals surface area contributed by atoms with Gasteiger partial charge in [-0.15, -0.1) is 0 Å². The number of pyridine rings is 1. The van der Waals surface area contributed by atoms with Gasteiger partial charge < -0.3 is 15.5 Å². The number of allylic oxidation sites excluding steroid dienone is 3. The van der Waals surface area contributed by atoms with Crippen LogP contribution in [-0.4, -0.2) is 46.2 Å². The predicted molar refractivity (Wildman–Crippen MR) is 155 cm³/mol. The summed E-state index contributed by atoms with van der Waals surface area (Å²) in [5.41, 5.74) is 2.11. The van der Waals surface area contributed by atoms with Crippen LogP contribution < -0.4 is 16.2 Å². The minimum atomic E-state index is -0.549. The molecule has 2 aliphatic carbocycles. The van der Waals surface area contributed by atoms with Crippen LogP contribution in [0.15, 0.2) is 76.3 Å². The van der Waals surface area contributed by atoms with E-state index >= 15 is 0 Å². The van der Waals surface area contributed by atoms with Crippen molar-refractivity contribution in [2.45, 2.75) is 38.9 Å². The van der Waals surface area contributed by atoms with Gasteiger partial charge in [0, 0.05) is 49.0 Å². The first-order valence-corrected chi connectivity index (χ1v) is 14.0. The Bertz CT molecular complexity index is 1680. The van der Waals surface area contributed by atoms with Gasteiger partial charge in [-0.1, -0.05) is 32.1 Å². The number of hydrogen-bond donors (Lipinski definition) is 2. The van der Waals surface area contributed by atoms with E-state index in [1.807, 2.05) is 38.1 Å². The molecule has 2 amide bonds. The number of anilines is 2. The molecule has 3 aliphatic heterocycles. The second-order valence-corrected chi connectivity index (χ2v) is 12.6. The van der Waals surface area contributed by atoms with Crippen molar-refractivity contribution in [2.24, 2.45) is 34.7 Å². The quantitative estimate of drug-likeness (QED) is 0.604. The van der Waals surface area contributed by atoms with E-state index in [4.69, 9.17) is 0 Å². The highest BCUT2D eigenvalue weighted by Gasteiger charge is 2.57. The Labute approximate surface area is 237 Å². The van der Waals surface area contributed by atoms with E-state index in [-0.39, 0.29) is 58.2 Å². The van der Waals surface area contributed by atoms with Crippen LogP contribution in [0.3, 0.4) is 0 Å². The fourth-order valence-electron chi connectivity index (χ4n) is 7.40. The van der Waals surface area contributed by atoms with Gasteiger partial charge in [0.15, 0.2) is 0 Å². The Morgan fingerprint density at radius 3 is 2.73 bits per heavy atom. The van der Waals surface area contributed by atoms with Gasteiger partial charge in [-0.3, -0.25) is 23.9 Å². The number of aliphatic imine (C=N–C) groups is 1. The van der Waals surface area contributed by atoms with Crippen LogP contribution in [-0.2, 0) is 24.7 Å². The van der Waals surface area contributed by atoms with E-state index in [1.54, 1.807) is 36.4 Å². The molecule has 1 aromatic heterocycles. The molecule has 1 aromatic carbocycles. The van der Waals surface area contributed by atoms with Gasteiger partial charge in [0.1, 0.15) is 17.8 Å². The van der Waals surface area contributed by atoms with Crippen LogP contribution in [0, 0.1) is 22.7 Å². The van der Waals surface area contributed by atoms with Crippen LogP contribution in [0.5, 0.6) is 0 Å². The standard InChI is InChI=1S/C32H32FN5O3/c1-31(2)17-38(25-9-7-21(33)14-24(25)31)29(40)19-12-26(37(3)27(39)13-19)35-22-8-6-18-15-32(16-20(18)11-22)23-5-4-10-34-28(23)36-30(32)41/h4-14,23-25,28,35H,15-17H2,1-3H3,(H,36,41). The molecule has 41 heavy (non-hydrogen) atoms. The number of amides is 2. The largest absolute Gasteiger partial charge is 0.342 e. The van der Waals surface area contributed by atoms with E-state index in [9.17, 15) is 18.8 Å². The predicted octanol–water partition coefficient (Wildman–Crippen LogP) is 3.82. The average Bonchev–Trinajstić information content (AvgIpc) is 3.55. The lowest BCUT2D eigenvalue weighted by Gasteiger charge is -2.28. The maximum Gasteiger partial charge on any atom is 0.254 e. The van der Waals surface area contributed by atoms with E-state index in [2.05, 4.69) is 21.7 Å². The summed E-state index contributed by atoms with van der Waals surface area (Å²) in [6, 6.07) is 8.79. The Kier molecular flexibility index (Phi) is 5.55. The zero-order chi connectivity index (χ0) is 28.7. The number of likely N-dealkylation sites (tertiary alicyclic amines) is 1. The molecule has 2 fully saturated rings. The minimum absolute atomic E-state index is 0.00785. The van der Waals surface area contributed by atoms with Gasteiger partial charge in [-0.05, 0) is 65.8 Å². The Balaban J connectivity index is 1.15. The summed E-state index contributed by atoms with van der Waals surface area (Å²) in [5, 5.41) is 6.39. The molecule has 2 N–H and O–H groups in total. The third-order valence-corrected chi connectivity index (χ3v) is 9.62. The van der Waals surface area contributed by atoms with E-state index < -0.39 is 5.41 Å². The van der Waals surface area contributed by atoms with Crippen molar-refractivity contribution >= 4 is 29.5 Å². The molecule has 2 aromatic rings. The highest BCUT2D eigenvalue weighted by Crippen LogP contribution is 2.49. The van der Waals surface area contributed by atoms with E-state index in [1.165, 1.54) is 16.7 Å². The normalized spacial score (nSPS) is 30.2. The molecule has 5 atom stereocenters. The fourth-order valence-corrected chi connectivity index (χ4v) is 7.40. The number of benzene rings is 1. The number of nitrogens with one attached hydrogen (secondary N) is 2. The van der Waals surface area contributed by atoms with Gasteiger partial charge >= 0.3 is 0 Å². The summed E-state index contributed by atoms with van der Waals surface area (Å²) in [6.07, 6.45) is 11.5. The van der Waals surface area contributed by atoms with Crippen molar-refractivity contribution in [1.29, 1.82) is 0 Å². The summed E-state index contributed by atoms with van der Waals surface area (Å²) in [7, 11) is 1.66. The lowest BCUT2D eigenvalue weighted by Crippen LogP contribution is -2.37. The lowest BCUT2D eigenvalue weighted by molar-refractivity contribution is -0.128. The molecule has 4 heterocycles. The second-order valence-electron chi connectivity index (χ2n) is 12.6. The highest BCUT2D eigenvalue weighted by molar-refractivity contribution is 5.96. The number of hydrogen-bond acceptors (Lipinski definition) is 5. The zero-order valence-corrected chi connectivity index (χ0v) is 23.2. The van der Waals surface area contributed by atoms with Gasteiger partial charge in [0.2, 0.25) is 5.91 Å². The SMILES string of the molecule is Cn1c(Nc2ccc3c(c2)CC2(C3)C(=O)NC3N=CC=CC32)cc(C(=O)N2CC(C)(C)C3C=C(F)C=CC32)cc1=O. The first kappa shape index (κ1) is 25.7. The number of rotatable bonds is 3. The summed E-state index contributed by atoms with van der Waals surface area (Å²) in [5.74, 6) is -0.152. The molecule has 7 rings (SSSR count). The molecule has 9 heteroatoms. The van der Waals surface area contributed by atoms with Crippen molar-refractivity contribution in [1.82, 2.24) is 14.8 Å². The first-order valence-electron chi connectivity index (χ1n) is 14.0. The van der Waals surface area contributed by atoms with Crippen molar-refractivity contribution < 1.29 is 14.0 Å². The molecule has 1 spiro atoms. The minimum Gasteiger partial charge on any atom is -0.342 e. The number of carbonyl (C=O) groups excluding carboxylic acids is 2. The molecule has 0 radical (unpaired) electrons. The molecule has 210 valence electrons. The molecule has 5 aliphatic rings. The van der Waals surface area contributed by atoms with E-state index in [0.29, 0.717) is 25.2 Å². The molecule has 8 nitrogen and oxygen atoms in total. The third-order valence-electron chi connectivity index (χ3n) is 9.62. The first-order chi connectivity index (χ1) is 19.6. The van der Waals surface area contributed by atoms with Gasteiger partial charge in [-0.2, -0.15) is 0 Å². The monoisotopic (exact) mass is 553 g/mol. The molecule has 0 saturated carbocycles. The smallest absolute Gasteiger partial charge is 0.254 e. The Morgan fingerprint density at radius 2 is 1.90 bits per heavy atom. The fraction of sp³-hybridized carbons (Fsp3) is 0.375. The lowest BCUT2D eigenvalue weighted by atomic mass is 9.73. The third kappa shape index (κ3) is 3.93. The van der Waals surface area contributed by atoms with Crippen LogP contribution in [0.2, 0.25) is 0 Å². The van der Waals surface area contributed by atoms with Crippen LogP contribution in [0.4, 0.5) is 15.9 Å². The maximum absolute atomic E-state index is 14.0. The van der Waals surface area contributed by atoms with Crippen LogP contribution >= 0.6 is 0 Å². The molecular weight excluding hydrogens is 521 g/mol. The number of dihydropyridines is 1. The Morgan fingerprint density at radius 1 is 1.10 bits per heavy atom. The molecule has 5 unspecified atom stereocenters. The highest BCUT2D eigenvalue weighted by atomic mass is 19.1. The molecular formula is C32H32FN5O3. The Hall–Kier alpha value is -4.27. The van der Waals surface area contributed by atoms with Gasteiger partial charge in [0.25, 0.3) is 11.5 Å². The summed E-state index contributed by atoms with van der Waals surface area (Å²) >= 11 is 0. The van der Waals surface area contributed by atoms with Crippen molar-refractivity contribution in [2.75, 3.05) is 11.9 Å². The van der Waals surface area contributed by atoms with Crippen LogP contribution in [0.25, 0.3) is 0 Å². The second kappa shape index (κ2) is 8.86. The van der Waals surface area contributed by atoms with Gasteiger partial charge in [0.05, 0.1) is 11.5 Å². The number of halogens is 1. The van der Waals surface area contributed by atoms with Gasteiger partial charge in [-0.25, -0.2) is 4.39 Å². The summed E-state index contributed by atoms with van der Waals surface area (Å²) < 4.78 is 15.5. The van der Waals surface area contributed by atoms with Crippen molar-refractivity contribution in [3.05, 3.63) is 93.6 Å². The van der Waals surface area contributed by atoms with Crippen molar-refractivity contribution in [3.8, 4) is 0 Å². The molecule has 2 saturated heterocycles. The number of carbonyl (C=O) groups is 2. The zero-order valence-electron chi connectivity index (χ0n) is 23.2. The molecule has 0 bridgehead atoms. The topological polar surface area (TPSA) is 95.8 Å². The number of fused-ring (bicyclic) bond motifs is 4. The van der Waals surface area contributed by atoms with E-state index in [0.717, 1.165) is 16.8 Å². The number of aromatic nitrogens is 1. The summed E-state index contributed by atoms with van der Waals surface area (Å²) in [4.78, 5) is 46.0. The average molecular weight is 554 g/mol. The summed E-state index contributed by atoms with van der Waals surface area (Å²) in [6.45, 7) is 4.52. The maximum atomic E-state index is 14.0. The van der Waals surface area contributed by atoms with Crippen molar-refractivity contribution in [3.63, 3.8) is 0 Å². The van der Waals surface area contributed by atoms with Crippen LogP contribution in [0.1, 0.15) is 35.3 Å².